The number of carboxylic acids is 1. The number of unbranched alkanes of at least 4 members (excludes halogenated alkanes) is 1. The quantitative estimate of drug-likeness (QED) is 0.425. The van der Waals surface area contributed by atoms with E-state index < -0.39 is 17.9 Å². The summed E-state index contributed by atoms with van der Waals surface area (Å²) in [5, 5.41) is 11.5. The van der Waals surface area contributed by atoms with Crippen molar-refractivity contribution in [1.29, 1.82) is 0 Å². The summed E-state index contributed by atoms with van der Waals surface area (Å²) >= 11 is 0. The molecule has 0 aliphatic heterocycles. The molecule has 6 heteroatoms. The second-order valence-electron chi connectivity index (χ2n) is 4.27. The number of carbonyl (C=O) groups excluding carboxylic acids is 1. The van der Waals surface area contributed by atoms with Crippen LogP contribution in [0.15, 0.2) is 24.3 Å². The average Bonchev–Trinajstić information content (AvgIpc) is 2.37. The molecule has 1 aromatic rings. The fourth-order valence-corrected chi connectivity index (χ4v) is 1.67. The van der Waals surface area contributed by atoms with Gasteiger partial charge in [0.15, 0.2) is 0 Å². The molecule has 1 atom stereocenters. The molecule has 19 heavy (non-hydrogen) atoms. The lowest BCUT2D eigenvalue weighted by atomic mass is 10.1. The van der Waals surface area contributed by atoms with Gasteiger partial charge in [0.25, 0.3) is 5.91 Å². The van der Waals surface area contributed by atoms with Gasteiger partial charge in [-0.15, -0.1) is 0 Å². The number of hydrogen-bond donors (Lipinski definition) is 4. The normalized spacial score (nSPS) is 11.8. The standard InChI is InChI=1S/C13H19N3O3/c14-7-2-1-6-11(13(18)19)16-12(17)9-4-3-5-10(15)8-9/h3-5,8,11H,1-2,6-7,14-15H2,(H,16,17)(H,18,19)/t11-/m0/s1. The lowest BCUT2D eigenvalue weighted by Crippen LogP contribution is -2.40. The Labute approximate surface area is 111 Å². The van der Waals surface area contributed by atoms with Crippen molar-refractivity contribution < 1.29 is 14.7 Å². The topological polar surface area (TPSA) is 118 Å². The Morgan fingerprint density at radius 3 is 2.63 bits per heavy atom. The maximum atomic E-state index is 11.9. The molecule has 6 N–H and O–H groups in total. The second-order valence-corrected chi connectivity index (χ2v) is 4.27. The molecule has 0 aromatic heterocycles. The monoisotopic (exact) mass is 265 g/mol. The first-order valence-corrected chi connectivity index (χ1v) is 6.14. The molecular weight excluding hydrogens is 246 g/mol. The Kier molecular flexibility index (Phi) is 5.81. The fraction of sp³-hybridized carbons (Fsp3) is 0.385. The first-order chi connectivity index (χ1) is 9.04. The van der Waals surface area contributed by atoms with E-state index in [0.717, 1.165) is 6.42 Å². The Hall–Kier alpha value is -2.08. The van der Waals surface area contributed by atoms with E-state index in [-0.39, 0.29) is 0 Å². The van der Waals surface area contributed by atoms with Gasteiger partial charge in [0, 0.05) is 11.3 Å². The summed E-state index contributed by atoms with van der Waals surface area (Å²) in [4.78, 5) is 22.9. The van der Waals surface area contributed by atoms with Crippen LogP contribution in [-0.4, -0.2) is 29.6 Å². The molecule has 104 valence electrons. The van der Waals surface area contributed by atoms with E-state index in [1.807, 2.05) is 0 Å². The molecule has 0 aliphatic carbocycles. The van der Waals surface area contributed by atoms with Crippen molar-refractivity contribution in [3.8, 4) is 0 Å². The van der Waals surface area contributed by atoms with Crippen LogP contribution in [0.3, 0.4) is 0 Å². The zero-order valence-electron chi connectivity index (χ0n) is 10.6. The van der Waals surface area contributed by atoms with Gasteiger partial charge in [-0.05, 0) is 44.0 Å². The zero-order valence-corrected chi connectivity index (χ0v) is 10.6. The van der Waals surface area contributed by atoms with Crippen LogP contribution in [0.1, 0.15) is 29.6 Å². The van der Waals surface area contributed by atoms with Gasteiger partial charge in [-0.25, -0.2) is 4.79 Å². The average molecular weight is 265 g/mol. The number of rotatable bonds is 7. The summed E-state index contributed by atoms with van der Waals surface area (Å²) in [5.74, 6) is -1.48. The van der Waals surface area contributed by atoms with Crippen molar-refractivity contribution in [3.63, 3.8) is 0 Å². The number of carboxylic acid groups (broad SMARTS) is 1. The van der Waals surface area contributed by atoms with Crippen molar-refractivity contribution >= 4 is 17.6 Å². The number of anilines is 1. The number of aliphatic carboxylic acids is 1. The van der Waals surface area contributed by atoms with Crippen LogP contribution in [-0.2, 0) is 4.79 Å². The van der Waals surface area contributed by atoms with Crippen LogP contribution in [0, 0.1) is 0 Å². The SMILES string of the molecule is NCCCC[C@H](NC(=O)c1cccc(N)c1)C(=O)O. The summed E-state index contributed by atoms with van der Waals surface area (Å²) in [7, 11) is 0. The lowest BCUT2D eigenvalue weighted by Gasteiger charge is -2.14. The minimum absolute atomic E-state index is 0.352. The number of hydrogen-bond acceptors (Lipinski definition) is 4. The van der Waals surface area contributed by atoms with Gasteiger partial charge in [0.2, 0.25) is 0 Å². The Morgan fingerprint density at radius 2 is 2.05 bits per heavy atom. The van der Waals surface area contributed by atoms with Crippen LogP contribution >= 0.6 is 0 Å². The van der Waals surface area contributed by atoms with E-state index in [0.29, 0.717) is 30.6 Å². The van der Waals surface area contributed by atoms with Crippen LogP contribution < -0.4 is 16.8 Å². The molecule has 0 saturated carbocycles. The highest BCUT2D eigenvalue weighted by molar-refractivity contribution is 5.97. The summed E-state index contributed by atoms with van der Waals surface area (Å²) in [5.41, 5.74) is 11.7. The Balaban J connectivity index is 2.63. The second kappa shape index (κ2) is 7.38. The number of nitrogens with one attached hydrogen (secondary N) is 1. The van der Waals surface area contributed by atoms with Crippen molar-refractivity contribution in [3.05, 3.63) is 29.8 Å². The van der Waals surface area contributed by atoms with E-state index >= 15 is 0 Å². The van der Waals surface area contributed by atoms with E-state index in [1.54, 1.807) is 18.2 Å². The van der Waals surface area contributed by atoms with E-state index in [1.165, 1.54) is 6.07 Å². The van der Waals surface area contributed by atoms with Gasteiger partial charge in [0.1, 0.15) is 6.04 Å². The predicted octanol–water partition coefficient (Wildman–Crippen LogP) is 0.581. The van der Waals surface area contributed by atoms with Gasteiger partial charge < -0.3 is 21.9 Å². The first-order valence-electron chi connectivity index (χ1n) is 6.14. The highest BCUT2D eigenvalue weighted by atomic mass is 16.4. The smallest absolute Gasteiger partial charge is 0.326 e. The molecule has 0 saturated heterocycles. The third kappa shape index (κ3) is 4.97. The molecule has 1 aromatic carbocycles. The molecule has 1 rings (SSSR count). The van der Waals surface area contributed by atoms with E-state index in [4.69, 9.17) is 16.6 Å². The molecule has 0 spiro atoms. The van der Waals surface area contributed by atoms with Crippen molar-refractivity contribution in [2.45, 2.75) is 25.3 Å². The van der Waals surface area contributed by atoms with Crippen molar-refractivity contribution in [2.75, 3.05) is 12.3 Å². The van der Waals surface area contributed by atoms with Gasteiger partial charge in [-0.3, -0.25) is 4.79 Å². The molecule has 1 amide bonds. The highest BCUT2D eigenvalue weighted by Crippen LogP contribution is 2.08. The summed E-state index contributed by atoms with van der Waals surface area (Å²) in [6.45, 7) is 0.509. The molecule has 0 radical (unpaired) electrons. The van der Waals surface area contributed by atoms with E-state index in [9.17, 15) is 9.59 Å². The molecule has 0 heterocycles. The van der Waals surface area contributed by atoms with Gasteiger partial charge in [-0.1, -0.05) is 6.07 Å². The predicted molar refractivity (Wildman–Crippen MR) is 72.6 cm³/mol. The summed E-state index contributed by atoms with van der Waals surface area (Å²) in [6.07, 6.45) is 1.75. The highest BCUT2D eigenvalue weighted by Gasteiger charge is 2.20. The Bertz CT molecular complexity index is 449. The first kappa shape index (κ1) is 15.0. The minimum atomic E-state index is -1.05. The third-order valence-electron chi connectivity index (χ3n) is 2.70. The lowest BCUT2D eigenvalue weighted by molar-refractivity contribution is -0.139. The molecule has 0 aliphatic rings. The number of carbonyl (C=O) groups is 2. The molecule has 0 bridgehead atoms. The molecule has 0 fully saturated rings. The molecule has 6 nitrogen and oxygen atoms in total. The maximum Gasteiger partial charge on any atom is 0.326 e. The van der Waals surface area contributed by atoms with Gasteiger partial charge >= 0.3 is 5.97 Å². The van der Waals surface area contributed by atoms with Crippen LogP contribution in [0.25, 0.3) is 0 Å². The number of nitrogen functional groups attached to an aromatic ring is 1. The number of nitrogens with two attached hydrogens (primary N) is 2. The molecule has 0 unspecified atom stereocenters. The van der Waals surface area contributed by atoms with Gasteiger partial charge in [0.05, 0.1) is 0 Å². The van der Waals surface area contributed by atoms with E-state index in [2.05, 4.69) is 5.32 Å². The van der Waals surface area contributed by atoms with Crippen molar-refractivity contribution in [2.24, 2.45) is 5.73 Å². The van der Waals surface area contributed by atoms with Crippen LogP contribution in [0.2, 0.25) is 0 Å². The van der Waals surface area contributed by atoms with Gasteiger partial charge in [-0.2, -0.15) is 0 Å². The zero-order chi connectivity index (χ0) is 14.3. The maximum absolute atomic E-state index is 11.9. The minimum Gasteiger partial charge on any atom is -0.480 e. The van der Waals surface area contributed by atoms with Crippen LogP contribution in [0.4, 0.5) is 5.69 Å². The summed E-state index contributed by atoms with van der Waals surface area (Å²) in [6, 6.07) is 5.50. The number of amides is 1. The van der Waals surface area contributed by atoms with Crippen LogP contribution in [0.5, 0.6) is 0 Å². The molecular formula is C13H19N3O3. The summed E-state index contributed by atoms with van der Waals surface area (Å²) < 4.78 is 0. The van der Waals surface area contributed by atoms with Crippen molar-refractivity contribution in [1.82, 2.24) is 5.32 Å². The number of benzene rings is 1. The fourth-order valence-electron chi connectivity index (χ4n) is 1.67. The Morgan fingerprint density at radius 1 is 1.32 bits per heavy atom. The largest absolute Gasteiger partial charge is 0.480 e. The third-order valence-corrected chi connectivity index (χ3v) is 2.70.